The topological polar surface area (TPSA) is 18.5 Å². The lowest BCUT2D eigenvalue weighted by molar-refractivity contribution is 0.463. The Bertz CT molecular complexity index is 2730. The standard InChI is InChI=1S/C51H41BO2/c1-31(2)33-25-34(27-36(26-33)49-40-19-11-9-17-38(40)48(32-15-7-6-8-16-32)39-18-10-12-20-41(39)49)35-28-46-50-47(29-35)54-45-30-37(51(3,4)5)23-24-43(45)52(50)42-21-13-14-22-44(42)53-46/h6-31H,1-5H3. The van der Waals surface area contributed by atoms with Crippen LogP contribution in [-0.4, -0.2) is 6.71 Å². The van der Waals surface area contributed by atoms with Gasteiger partial charge in [-0.1, -0.05) is 156 Å². The summed E-state index contributed by atoms with van der Waals surface area (Å²) in [5.41, 5.74) is 13.2. The monoisotopic (exact) mass is 696 g/mol. The third-order valence-corrected chi connectivity index (χ3v) is 11.5. The molecule has 0 fully saturated rings. The summed E-state index contributed by atoms with van der Waals surface area (Å²) in [7, 11) is 0. The van der Waals surface area contributed by atoms with E-state index in [-0.39, 0.29) is 12.1 Å². The average molecular weight is 697 g/mol. The van der Waals surface area contributed by atoms with Gasteiger partial charge in [-0.3, -0.25) is 0 Å². The van der Waals surface area contributed by atoms with Gasteiger partial charge in [0.15, 0.2) is 0 Å². The van der Waals surface area contributed by atoms with Gasteiger partial charge < -0.3 is 9.47 Å². The van der Waals surface area contributed by atoms with Crippen LogP contribution in [0, 0.1) is 0 Å². The molecule has 0 aromatic heterocycles. The van der Waals surface area contributed by atoms with Gasteiger partial charge >= 0.3 is 0 Å². The van der Waals surface area contributed by atoms with Crippen molar-refractivity contribution in [1.29, 1.82) is 0 Å². The molecule has 2 nitrogen and oxygen atoms in total. The summed E-state index contributed by atoms with van der Waals surface area (Å²) in [5.74, 6) is 3.87. The van der Waals surface area contributed by atoms with Crippen molar-refractivity contribution in [1.82, 2.24) is 0 Å². The molecule has 0 radical (unpaired) electrons. The molecule has 0 saturated carbocycles. The molecule has 0 unspecified atom stereocenters. The number of para-hydroxylation sites is 1. The maximum absolute atomic E-state index is 6.92. The zero-order chi connectivity index (χ0) is 36.7. The van der Waals surface area contributed by atoms with Crippen LogP contribution in [0.3, 0.4) is 0 Å². The van der Waals surface area contributed by atoms with Crippen LogP contribution in [0.1, 0.15) is 51.7 Å². The van der Waals surface area contributed by atoms with Crippen LogP contribution >= 0.6 is 0 Å². The van der Waals surface area contributed by atoms with E-state index in [1.807, 2.05) is 0 Å². The van der Waals surface area contributed by atoms with Crippen molar-refractivity contribution in [2.24, 2.45) is 0 Å². The Hall–Kier alpha value is -6.06. The van der Waals surface area contributed by atoms with Crippen LogP contribution in [0.15, 0.2) is 152 Å². The van der Waals surface area contributed by atoms with Crippen LogP contribution in [0.2, 0.25) is 0 Å². The molecular formula is C51H41BO2. The van der Waals surface area contributed by atoms with Gasteiger partial charge in [-0.2, -0.15) is 0 Å². The molecule has 0 aliphatic carbocycles. The van der Waals surface area contributed by atoms with Crippen molar-refractivity contribution in [3.8, 4) is 56.4 Å². The van der Waals surface area contributed by atoms with Gasteiger partial charge in [-0.05, 0) is 119 Å². The SMILES string of the molecule is CC(C)c1cc(-c2cc3c4c(c2)Oc2cc(C(C)(C)C)ccc2B4c2ccccc2O3)cc(-c2c3ccccc3c(-c3ccccc3)c3ccccc23)c1. The highest BCUT2D eigenvalue weighted by Gasteiger charge is 2.40. The predicted molar refractivity (Wildman–Crippen MR) is 228 cm³/mol. The molecule has 10 rings (SSSR count). The summed E-state index contributed by atoms with van der Waals surface area (Å²) in [5, 5.41) is 5.01. The first kappa shape index (κ1) is 32.6. The minimum Gasteiger partial charge on any atom is -0.458 e. The van der Waals surface area contributed by atoms with E-state index >= 15 is 0 Å². The summed E-state index contributed by atoms with van der Waals surface area (Å²) in [4.78, 5) is 0. The summed E-state index contributed by atoms with van der Waals surface area (Å²) >= 11 is 0. The lowest BCUT2D eigenvalue weighted by atomic mass is 9.34. The number of hydrogen-bond acceptors (Lipinski definition) is 2. The molecular weight excluding hydrogens is 655 g/mol. The molecule has 0 atom stereocenters. The fourth-order valence-corrected chi connectivity index (χ4v) is 8.73. The Balaban J connectivity index is 1.20. The van der Waals surface area contributed by atoms with E-state index in [2.05, 4.69) is 186 Å². The minimum absolute atomic E-state index is 0.000583. The van der Waals surface area contributed by atoms with E-state index in [0.717, 1.165) is 39.6 Å². The van der Waals surface area contributed by atoms with Crippen molar-refractivity contribution in [2.75, 3.05) is 0 Å². The number of ether oxygens (including phenoxy) is 2. The number of benzene rings is 8. The molecule has 260 valence electrons. The van der Waals surface area contributed by atoms with Gasteiger partial charge in [0, 0.05) is 5.46 Å². The van der Waals surface area contributed by atoms with E-state index in [0.29, 0.717) is 5.92 Å². The number of fused-ring (bicyclic) bond motifs is 6. The second-order valence-corrected chi connectivity index (χ2v) is 16.3. The molecule has 0 saturated heterocycles. The molecule has 0 spiro atoms. The summed E-state index contributed by atoms with van der Waals surface area (Å²) < 4.78 is 13.7. The normalized spacial score (nSPS) is 13.0. The van der Waals surface area contributed by atoms with Crippen molar-refractivity contribution >= 4 is 44.6 Å². The Kier molecular flexibility index (Phi) is 7.39. The maximum Gasteiger partial charge on any atom is 0.260 e. The lowest BCUT2D eigenvalue weighted by Crippen LogP contribution is -2.57. The first-order valence-electron chi connectivity index (χ1n) is 19.1. The highest BCUT2D eigenvalue weighted by molar-refractivity contribution is 6.98. The molecule has 8 aromatic rings. The molecule has 0 bridgehead atoms. The summed E-state index contributed by atoms with van der Waals surface area (Å²) in [6.45, 7) is 11.4. The number of rotatable bonds is 4. The van der Waals surface area contributed by atoms with Crippen LogP contribution in [0.5, 0.6) is 23.0 Å². The van der Waals surface area contributed by atoms with Gasteiger partial charge in [0.1, 0.15) is 23.0 Å². The van der Waals surface area contributed by atoms with Crippen LogP contribution in [-0.2, 0) is 5.41 Å². The van der Waals surface area contributed by atoms with Gasteiger partial charge in [-0.15, -0.1) is 0 Å². The Morgan fingerprint density at radius 1 is 0.444 bits per heavy atom. The highest BCUT2D eigenvalue weighted by atomic mass is 16.5. The molecule has 2 aliphatic rings. The first-order chi connectivity index (χ1) is 26.2. The van der Waals surface area contributed by atoms with Crippen molar-refractivity contribution in [2.45, 2.75) is 46.0 Å². The van der Waals surface area contributed by atoms with E-state index in [1.165, 1.54) is 65.9 Å². The molecule has 2 aliphatic heterocycles. The minimum atomic E-state index is 0.000583. The summed E-state index contributed by atoms with van der Waals surface area (Å²) in [6, 6.07) is 55.4. The Morgan fingerprint density at radius 2 is 0.963 bits per heavy atom. The van der Waals surface area contributed by atoms with E-state index in [1.54, 1.807) is 0 Å². The zero-order valence-corrected chi connectivity index (χ0v) is 31.4. The van der Waals surface area contributed by atoms with E-state index < -0.39 is 0 Å². The quantitative estimate of drug-likeness (QED) is 0.135. The zero-order valence-electron chi connectivity index (χ0n) is 31.4. The molecule has 0 N–H and O–H groups in total. The highest BCUT2D eigenvalue weighted by Crippen LogP contribution is 2.46. The fraction of sp³-hybridized carbons (Fsp3) is 0.137. The second kappa shape index (κ2) is 12.2. The molecule has 8 aromatic carbocycles. The molecule has 54 heavy (non-hydrogen) atoms. The maximum atomic E-state index is 6.92. The van der Waals surface area contributed by atoms with Crippen LogP contribution in [0.4, 0.5) is 0 Å². The van der Waals surface area contributed by atoms with Gasteiger partial charge in [0.25, 0.3) is 6.71 Å². The van der Waals surface area contributed by atoms with Gasteiger partial charge in [-0.25, -0.2) is 0 Å². The van der Waals surface area contributed by atoms with E-state index in [9.17, 15) is 0 Å². The molecule has 2 heterocycles. The van der Waals surface area contributed by atoms with Crippen molar-refractivity contribution < 1.29 is 9.47 Å². The lowest BCUT2D eigenvalue weighted by Gasteiger charge is -2.34. The Morgan fingerprint density at radius 3 is 1.59 bits per heavy atom. The van der Waals surface area contributed by atoms with Crippen LogP contribution in [0.25, 0.3) is 54.9 Å². The second-order valence-electron chi connectivity index (χ2n) is 16.3. The largest absolute Gasteiger partial charge is 0.458 e. The predicted octanol–water partition coefficient (Wildman–Crippen LogP) is 12.1. The fourth-order valence-electron chi connectivity index (χ4n) is 8.73. The van der Waals surface area contributed by atoms with Crippen molar-refractivity contribution in [3.05, 3.63) is 163 Å². The third kappa shape index (κ3) is 5.17. The van der Waals surface area contributed by atoms with Crippen molar-refractivity contribution in [3.63, 3.8) is 0 Å². The smallest absolute Gasteiger partial charge is 0.260 e. The Labute approximate surface area is 318 Å². The molecule has 3 heteroatoms. The summed E-state index contributed by atoms with van der Waals surface area (Å²) in [6.07, 6.45) is 0. The first-order valence-corrected chi connectivity index (χ1v) is 19.1. The molecule has 0 amide bonds. The number of hydrogen-bond donors (Lipinski definition) is 0. The third-order valence-electron chi connectivity index (χ3n) is 11.5. The van der Waals surface area contributed by atoms with Crippen LogP contribution < -0.4 is 25.9 Å². The average Bonchev–Trinajstić information content (AvgIpc) is 3.19. The van der Waals surface area contributed by atoms with Gasteiger partial charge in [0.2, 0.25) is 0 Å². The van der Waals surface area contributed by atoms with Gasteiger partial charge in [0.05, 0.1) is 0 Å². The van der Waals surface area contributed by atoms with E-state index in [4.69, 9.17) is 9.47 Å².